The van der Waals surface area contributed by atoms with Gasteiger partial charge in [0.25, 0.3) is 11.8 Å². The van der Waals surface area contributed by atoms with Crippen molar-refractivity contribution in [2.45, 2.75) is 0 Å². The fourth-order valence-corrected chi connectivity index (χ4v) is 3.22. The summed E-state index contributed by atoms with van der Waals surface area (Å²) < 4.78 is 5.18. The third kappa shape index (κ3) is 3.96. The van der Waals surface area contributed by atoms with E-state index in [1.807, 2.05) is 35.2 Å². The quantitative estimate of drug-likeness (QED) is 0.679. The number of carbonyl (C=O) groups excluding carboxylic acids is 2. The van der Waals surface area contributed by atoms with E-state index in [1.165, 1.54) is 6.26 Å². The molecule has 0 N–H and O–H groups in total. The Morgan fingerprint density at radius 3 is 2.28 bits per heavy atom. The van der Waals surface area contributed by atoms with Crippen molar-refractivity contribution in [1.82, 2.24) is 14.9 Å². The first-order valence-electron chi connectivity index (χ1n) is 9.36. The lowest BCUT2D eigenvalue weighted by Crippen LogP contribution is -2.49. The molecule has 8 nitrogen and oxygen atoms in total. The summed E-state index contributed by atoms with van der Waals surface area (Å²) in [5, 5.41) is 0. The summed E-state index contributed by atoms with van der Waals surface area (Å²) in [6.07, 6.45) is 4.59. The Kier molecular flexibility index (Phi) is 5.24. The van der Waals surface area contributed by atoms with Crippen LogP contribution in [0.25, 0.3) is 0 Å². The molecule has 29 heavy (non-hydrogen) atoms. The minimum Gasteiger partial charge on any atom is -0.459 e. The number of hydrogen-bond donors (Lipinski definition) is 0. The van der Waals surface area contributed by atoms with E-state index in [2.05, 4.69) is 9.97 Å². The molecule has 1 fully saturated rings. The molecule has 0 aliphatic carbocycles. The smallest absolute Gasteiger partial charge is 0.289 e. The summed E-state index contributed by atoms with van der Waals surface area (Å²) in [5.41, 5.74) is 1.23. The highest BCUT2D eigenvalue weighted by atomic mass is 16.3. The minimum absolute atomic E-state index is 0.111. The number of piperazine rings is 1. The molecule has 0 radical (unpaired) electrons. The number of rotatable bonds is 4. The van der Waals surface area contributed by atoms with Crippen LogP contribution in [-0.4, -0.2) is 59.9 Å². The topological polar surface area (TPSA) is 82.8 Å². The second kappa shape index (κ2) is 8.14. The molecule has 0 spiro atoms. The number of anilines is 2. The van der Waals surface area contributed by atoms with Crippen LogP contribution in [0.5, 0.6) is 0 Å². The Balaban J connectivity index is 1.37. The van der Waals surface area contributed by atoms with Crippen molar-refractivity contribution in [3.63, 3.8) is 0 Å². The van der Waals surface area contributed by atoms with Crippen molar-refractivity contribution < 1.29 is 14.0 Å². The lowest BCUT2D eigenvalue weighted by Gasteiger charge is -2.34. The predicted octanol–water partition coefficient (Wildman–Crippen LogP) is 2.31. The van der Waals surface area contributed by atoms with Gasteiger partial charge in [-0.1, -0.05) is 18.2 Å². The van der Waals surface area contributed by atoms with Crippen molar-refractivity contribution >= 4 is 23.5 Å². The number of hydrogen-bond acceptors (Lipinski definition) is 6. The number of amides is 2. The molecule has 3 heterocycles. The molecule has 2 amide bonds. The van der Waals surface area contributed by atoms with Crippen molar-refractivity contribution in [3.05, 3.63) is 72.4 Å². The number of nitrogens with zero attached hydrogens (tertiary/aromatic N) is 5. The molecule has 0 unspecified atom stereocenters. The molecule has 2 aromatic heterocycles. The van der Waals surface area contributed by atoms with E-state index in [4.69, 9.17) is 4.42 Å². The van der Waals surface area contributed by atoms with Crippen molar-refractivity contribution in [1.29, 1.82) is 0 Å². The fourth-order valence-electron chi connectivity index (χ4n) is 3.22. The first kappa shape index (κ1) is 18.7. The van der Waals surface area contributed by atoms with Crippen LogP contribution >= 0.6 is 0 Å². The number of aromatic nitrogens is 2. The molecule has 0 atom stereocenters. The maximum absolute atomic E-state index is 12.6. The van der Waals surface area contributed by atoms with Crippen LogP contribution in [0.1, 0.15) is 20.9 Å². The van der Waals surface area contributed by atoms with Crippen molar-refractivity contribution in [2.24, 2.45) is 0 Å². The molecular weight excluding hydrogens is 370 g/mol. The lowest BCUT2D eigenvalue weighted by atomic mass is 10.2. The summed E-state index contributed by atoms with van der Waals surface area (Å²) >= 11 is 0. The van der Waals surface area contributed by atoms with Crippen LogP contribution in [-0.2, 0) is 0 Å². The average molecular weight is 391 g/mol. The van der Waals surface area contributed by atoms with Crippen LogP contribution in [0, 0.1) is 0 Å². The Morgan fingerprint density at radius 1 is 0.966 bits per heavy atom. The van der Waals surface area contributed by atoms with Gasteiger partial charge in [-0.05, 0) is 24.3 Å². The van der Waals surface area contributed by atoms with E-state index < -0.39 is 0 Å². The van der Waals surface area contributed by atoms with Crippen LogP contribution in [0.15, 0.2) is 65.5 Å². The van der Waals surface area contributed by atoms with Gasteiger partial charge in [0.15, 0.2) is 5.76 Å². The summed E-state index contributed by atoms with van der Waals surface area (Å²) in [5.74, 6) is 0.617. The van der Waals surface area contributed by atoms with Crippen molar-refractivity contribution in [3.8, 4) is 0 Å². The molecular formula is C21H21N5O3. The van der Waals surface area contributed by atoms with Gasteiger partial charge in [0.1, 0.15) is 0 Å². The molecule has 4 rings (SSSR count). The van der Waals surface area contributed by atoms with Crippen molar-refractivity contribution in [2.75, 3.05) is 43.0 Å². The van der Waals surface area contributed by atoms with Gasteiger partial charge in [-0.3, -0.25) is 9.59 Å². The van der Waals surface area contributed by atoms with Crippen LogP contribution in [0.4, 0.5) is 11.6 Å². The largest absolute Gasteiger partial charge is 0.459 e. The SMILES string of the molecule is CN(C(=O)c1cnc(N2CCN(C(=O)c3ccco3)CC2)nc1)c1ccccc1. The van der Waals surface area contributed by atoms with Crippen LogP contribution in [0.2, 0.25) is 0 Å². The molecule has 0 saturated carbocycles. The van der Waals surface area contributed by atoms with Gasteiger partial charge in [-0.25, -0.2) is 9.97 Å². The van der Waals surface area contributed by atoms with Gasteiger partial charge >= 0.3 is 0 Å². The molecule has 1 aliphatic heterocycles. The monoisotopic (exact) mass is 391 g/mol. The van der Waals surface area contributed by atoms with E-state index >= 15 is 0 Å². The van der Waals surface area contributed by atoms with Gasteiger partial charge in [0, 0.05) is 51.3 Å². The highest BCUT2D eigenvalue weighted by Crippen LogP contribution is 2.16. The zero-order chi connectivity index (χ0) is 20.2. The summed E-state index contributed by atoms with van der Waals surface area (Å²) in [6, 6.07) is 12.8. The third-order valence-electron chi connectivity index (χ3n) is 4.91. The Bertz CT molecular complexity index is 965. The number of benzene rings is 1. The number of carbonyl (C=O) groups is 2. The summed E-state index contributed by atoms with van der Waals surface area (Å²) in [6.45, 7) is 2.34. The van der Waals surface area contributed by atoms with E-state index in [9.17, 15) is 9.59 Å². The van der Waals surface area contributed by atoms with E-state index in [0.717, 1.165) is 5.69 Å². The van der Waals surface area contributed by atoms with Gasteiger partial charge in [0.2, 0.25) is 5.95 Å². The second-order valence-corrected chi connectivity index (χ2v) is 6.73. The van der Waals surface area contributed by atoms with Gasteiger partial charge in [-0.15, -0.1) is 0 Å². The van der Waals surface area contributed by atoms with E-state index in [-0.39, 0.29) is 11.8 Å². The Morgan fingerprint density at radius 2 is 1.66 bits per heavy atom. The maximum atomic E-state index is 12.6. The van der Waals surface area contributed by atoms with Gasteiger partial charge in [0.05, 0.1) is 11.8 Å². The molecule has 1 aliphatic rings. The molecule has 8 heteroatoms. The van der Waals surface area contributed by atoms with Crippen LogP contribution < -0.4 is 9.80 Å². The van der Waals surface area contributed by atoms with E-state index in [1.54, 1.807) is 41.4 Å². The van der Waals surface area contributed by atoms with E-state index in [0.29, 0.717) is 43.5 Å². The van der Waals surface area contributed by atoms with Crippen LogP contribution in [0.3, 0.4) is 0 Å². The van der Waals surface area contributed by atoms with Gasteiger partial charge in [-0.2, -0.15) is 0 Å². The minimum atomic E-state index is -0.170. The molecule has 3 aromatic rings. The third-order valence-corrected chi connectivity index (χ3v) is 4.91. The molecule has 1 aromatic carbocycles. The first-order chi connectivity index (χ1) is 14.1. The number of furan rings is 1. The number of para-hydroxylation sites is 1. The maximum Gasteiger partial charge on any atom is 0.289 e. The average Bonchev–Trinajstić information content (AvgIpc) is 3.33. The normalized spacial score (nSPS) is 14.0. The lowest BCUT2D eigenvalue weighted by molar-refractivity contribution is 0.0714. The second-order valence-electron chi connectivity index (χ2n) is 6.73. The summed E-state index contributed by atoms with van der Waals surface area (Å²) in [4.78, 5) is 39.0. The zero-order valence-electron chi connectivity index (χ0n) is 16.1. The molecule has 1 saturated heterocycles. The van der Waals surface area contributed by atoms with Gasteiger partial charge < -0.3 is 19.1 Å². The highest BCUT2D eigenvalue weighted by molar-refractivity contribution is 6.05. The Hall–Kier alpha value is -3.68. The predicted molar refractivity (Wildman–Crippen MR) is 108 cm³/mol. The molecule has 0 bridgehead atoms. The first-order valence-corrected chi connectivity index (χ1v) is 9.36. The Labute approximate surface area is 168 Å². The zero-order valence-corrected chi connectivity index (χ0v) is 16.1. The fraction of sp³-hybridized carbons (Fsp3) is 0.238. The highest BCUT2D eigenvalue weighted by Gasteiger charge is 2.25. The molecule has 148 valence electrons. The standard InChI is InChI=1S/C21H21N5O3/c1-24(17-6-3-2-4-7-17)19(27)16-14-22-21(23-15-16)26-11-9-25(10-12-26)20(28)18-8-5-13-29-18/h2-8,13-15H,9-12H2,1H3. The summed E-state index contributed by atoms with van der Waals surface area (Å²) in [7, 11) is 1.72.